The third-order valence-electron chi connectivity index (χ3n) is 6.06. The molecule has 1 aliphatic rings. The van der Waals surface area contributed by atoms with Gasteiger partial charge in [-0.1, -0.05) is 19.9 Å². The Morgan fingerprint density at radius 3 is 2.57 bits per heavy atom. The highest BCUT2D eigenvalue weighted by Gasteiger charge is 2.33. The summed E-state index contributed by atoms with van der Waals surface area (Å²) in [6.45, 7) is 5.33. The fourth-order valence-corrected chi connectivity index (χ4v) is 4.27. The van der Waals surface area contributed by atoms with E-state index in [9.17, 15) is 24.0 Å². The summed E-state index contributed by atoms with van der Waals surface area (Å²) in [7, 11) is 1.55. The number of methoxy groups -OCH3 is 1. The van der Waals surface area contributed by atoms with Gasteiger partial charge < -0.3 is 15.0 Å². The number of ether oxygens (including phenoxy) is 1. The molecule has 188 valence electrons. The Kier molecular flexibility index (Phi) is 8.26. The summed E-state index contributed by atoms with van der Waals surface area (Å²) in [5.74, 6) is -3.24. The van der Waals surface area contributed by atoms with Gasteiger partial charge in [0.25, 0.3) is 0 Å². The third-order valence-corrected chi connectivity index (χ3v) is 6.06. The molecular weight excluding hydrogens is 452 g/mol. The molecule has 1 aromatic carbocycles. The van der Waals surface area contributed by atoms with Crippen molar-refractivity contribution in [2.45, 2.75) is 40.0 Å². The Bertz CT molecular complexity index is 1140. The first kappa shape index (κ1) is 25.9. The van der Waals surface area contributed by atoms with Crippen LogP contribution in [0.25, 0.3) is 10.9 Å². The van der Waals surface area contributed by atoms with Crippen LogP contribution in [-0.2, 0) is 19.2 Å². The van der Waals surface area contributed by atoms with Gasteiger partial charge in [0.1, 0.15) is 5.75 Å². The molecule has 0 unspecified atom stereocenters. The quantitative estimate of drug-likeness (QED) is 0.268. The highest BCUT2D eigenvalue weighted by atomic mass is 16.5. The van der Waals surface area contributed by atoms with Crippen molar-refractivity contribution in [2.75, 3.05) is 20.2 Å². The second kappa shape index (κ2) is 11.2. The van der Waals surface area contributed by atoms with Gasteiger partial charge in [-0.15, -0.1) is 0 Å². The van der Waals surface area contributed by atoms with Crippen LogP contribution >= 0.6 is 0 Å². The van der Waals surface area contributed by atoms with E-state index in [0.29, 0.717) is 30.8 Å². The Hall–Kier alpha value is -3.69. The number of carbonyl (C=O) groups excluding carboxylic acids is 5. The molecule has 1 aliphatic heterocycles. The lowest BCUT2D eigenvalue weighted by molar-refractivity contribution is -0.151. The third kappa shape index (κ3) is 6.26. The minimum Gasteiger partial charge on any atom is -0.496 e. The van der Waals surface area contributed by atoms with Crippen molar-refractivity contribution in [3.8, 4) is 5.75 Å². The molecule has 2 aromatic rings. The number of ketones is 2. The smallest absolute Gasteiger partial charge is 0.308 e. The highest BCUT2D eigenvalue weighted by Crippen LogP contribution is 2.27. The fraction of sp³-hybridized carbons (Fsp3) is 0.480. The van der Waals surface area contributed by atoms with Crippen molar-refractivity contribution in [1.29, 1.82) is 0 Å². The Morgan fingerprint density at radius 1 is 1.23 bits per heavy atom. The van der Waals surface area contributed by atoms with E-state index in [1.807, 2.05) is 26.0 Å². The molecule has 3 N–H and O–H groups in total. The molecule has 10 heteroatoms. The normalized spacial score (nSPS) is 16.1. The number of nitrogens with zero attached hydrogens (tertiary/aromatic N) is 1. The summed E-state index contributed by atoms with van der Waals surface area (Å²) >= 11 is 0. The van der Waals surface area contributed by atoms with Crippen molar-refractivity contribution < 1.29 is 28.7 Å². The molecule has 35 heavy (non-hydrogen) atoms. The number of rotatable bonds is 10. The van der Waals surface area contributed by atoms with Gasteiger partial charge in [0, 0.05) is 36.7 Å². The van der Waals surface area contributed by atoms with Crippen molar-refractivity contribution >= 4 is 40.2 Å². The maximum atomic E-state index is 13.2. The number of carbonyl (C=O) groups is 5. The van der Waals surface area contributed by atoms with Gasteiger partial charge in [-0.05, 0) is 37.0 Å². The number of hydrazine groups is 1. The Morgan fingerprint density at radius 2 is 1.97 bits per heavy atom. The van der Waals surface area contributed by atoms with Crippen molar-refractivity contribution in [3.05, 3.63) is 30.0 Å². The van der Waals surface area contributed by atoms with Crippen LogP contribution in [0, 0.1) is 17.8 Å². The number of H-pyrrole nitrogens is 1. The van der Waals surface area contributed by atoms with E-state index in [1.54, 1.807) is 19.2 Å². The first-order chi connectivity index (χ1) is 16.6. The van der Waals surface area contributed by atoms with Crippen LogP contribution in [0.2, 0.25) is 0 Å². The molecule has 1 aromatic heterocycles. The maximum Gasteiger partial charge on any atom is 0.308 e. The number of nitrogens with one attached hydrogen (secondary N) is 3. The molecule has 0 radical (unpaired) electrons. The first-order valence-electron chi connectivity index (χ1n) is 11.7. The van der Waals surface area contributed by atoms with E-state index < -0.39 is 29.4 Å². The number of aromatic amines is 1. The SMILES string of the molecule is COc1cccc2[nH]c(C(=O)C[C@@H](CC(C)C)C(=O)NN(C[C@@H]3CCNC3=O)C(=O)C(C)=O)cc12. The molecule has 1 fully saturated rings. The first-order valence-corrected chi connectivity index (χ1v) is 11.7. The van der Waals surface area contributed by atoms with Crippen molar-refractivity contribution in [3.63, 3.8) is 0 Å². The molecular formula is C25H32N4O6. The van der Waals surface area contributed by atoms with Gasteiger partial charge in [0.15, 0.2) is 5.78 Å². The number of hydrogen-bond donors (Lipinski definition) is 3. The molecule has 0 spiro atoms. The van der Waals surface area contributed by atoms with Crippen LogP contribution in [0.5, 0.6) is 5.75 Å². The molecule has 10 nitrogen and oxygen atoms in total. The largest absolute Gasteiger partial charge is 0.496 e. The van der Waals surface area contributed by atoms with E-state index in [1.165, 1.54) is 0 Å². The van der Waals surface area contributed by atoms with E-state index in [4.69, 9.17) is 4.74 Å². The van der Waals surface area contributed by atoms with Gasteiger partial charge >= 0.3 is 5.91 Å². The van der Waals surface area contributed by atoms with Crippen LogP contribution < -0.4 is 15.5 Å². The summed E-state index contributed by atoms with van der Waals surface area (Å²) in [5.41, 5.74) is 3.61. The number of hydrogen-bond acceptors (Lipinski definition) is 6. The van der Waals surface area contributed by atoms with E-state index >= 15 is 0 Å². The van der Waals surface area contributed by atoms with Crippen molar-refractivity contribution in [1.82, 2.24) is 20.7 Å². The van der Waals surface area contributed by atoms with Gasteiger partial charge in [-0.3, -0.25) is 29.4 Å². The fourth-order valence-electron chi connectivity index (χ4n) is 4.27. The highest BCUT2D eigenvalue weighted by molar-refractivity contribution is 6.35. The molecule has 3 rings (SSSR count). The second-order valence-electron chi connectivity index (χ2n) is 9.28. The van der Waals surface area contributed by atoms with E-state index in [-0.39, 0.29) is 30.6 Å². The second-order valence-corrected chi connectivity index (χ2v) is 9.28. The van der Waals surface area contributed by atoms with Crippen LogP contribution in [0.3, 0.4) is 0 Å². The Balaban J connectivity index is 1.78. The zero-order valence-corrected chi connectivity index (χ0v) is 20.5. The summed E-state index contributed by atoms with van der Waals surface area (Å²) in [6, 6.07) is 7.14. The number of Topliss-reactive ketones (excluding diaryl/α,β-unsaturated/α-hetero) is 2. The zero-order chi connectivity index (χ0) is 25.7. The standard InChI is InChI=1S/C25H32N4O6/c1-14(2)10-17(11-21(31)20-12-18-19(27-20)6-5-7-22(18)35-4)24(33)28-29(25(34)15(3)30)13-16-8-9-26-23(16)32/h5-7,12,14,16-17,27H,8-11,13H2,1-4H3,(H,26,32)(H,28,33)/t16-,17+/m0/s1. The van der Waals surface area contributed by atoms with Gasteiger partial charge in [-0.2, -0.15) is 0 Å². The number of benzene rings is 1. The maximum absolute atomic E-state index is 13.2. The summed E-state index contributed by atoms with van der Waals surface area (Å²) < 4.78 is 5.35. The molecule has 2 atom stereocenters. The predicted molar refractivity (Wildman–Crippen MR) is 128 cm³/mol. The lowest BCUT2D eigenvalue weighted by Crippen LogP contribution is -2.53. The monoisotopic (exact) mass is 484 g/mol. The number of fused-ring (bicyclic) bond motifs is 1. The molecule has 3 amide bonds. The molecule has 0 aliphatic carbocycles. The molecule has 0 bridgehead atoms. The predicted octanol–water partition coefficient (Wildman–Crippen LogP) is 2.00. The van der Waals surface area contributed by atoms with Gasteiger partial charge in [0.05, 0.1) is 25.3 Å². The number of amides is 3. The van der Waals surface area contributed by atoms with E-state index in [2.05, 4.69) is 15.7 Å². The Labute approximate surface area is 203 Å². The minimum absolute atomic E-state index is 0.0921. The molecule has 1 saturated heterocycles. The molecule has 2 heterocycles. The summed E-state index contributed by atoms with van der Waals surface area (Å²) in [4.78, 5) is 65.6. The van der Waals surface area contributed by atoms with E-state index in [0.717, 1.165) is 22.8 Å². The molecule has 0 saturated carbocycles. The van der Waals surface area contributed by atoms with Crippen LogP contribution in [0.4, 0.5) is 0 Å². The van der Waals surface area contributed by atoms with Crippen LogP contribution in [-0.4, -0.2) is 59.5 Å². The van der Waals surface area contributed by atoms with Crippen molar-refractivity contribution in [2.24, 2.45) is 17.8 Å². The van der Waals surface area contributed by atoms with Crippen LogP contribution in [0.1, 0.15) is 50.5 Å². The van der Waals surface area contributed by atoms with Gasteiger partial charge in [0.2, 0.25) is 17.6 Å². The zero-order valence-electron chi connectivity index (χ0n) is 20.5. The topological polar surface area (TPSA) is 138 Å². The summed E-state index contributed by atoms with van der Waals surface area (Å²) in [5, 5.41) is 4.35. The van der Waals surface area contributed by atoms with Crippen LogP contribution in [0.15, 0.2) is 24.3 Å². The summed E-state index contributed by atoms with van der Waals surface area (Å²) in [6.07, 6.45) is 0.798. The average molecular weight is 485 g/mol. The lowest BCUT2D eigenvalue weighted by atomic mass is 9.91. The lowest BCUT2D eigenvalue weighted by Gasteiger charge is -2.27. The minimum atomic E-state index is -0.907. The van der Waals surface area contributed by atoms with Gasteiger partial charge in [-0.25, -0.2) is 5.01 Å². The average Bonchev–Trinajstić information content (AvgIpc) is 3.43. The number of aromatic nitrogens is 1.